The van der Waals surface area contributed by atoms with Gasteiger partial charge in [-0.3, -0.25) is 4.98 Å². The number of pyridine rings is 2. The molecule has 0 aromatic carbocycles. The zero-order valence-corrected chi connectivity index (χ0v) is 11.2. The van der Waals surface area contributed by atoms with Crippen LogP contribution in [0.25, 0.3) is 0 Å². The van der Waals surface area contributed by atoms with Gasteiger partial charge in [-0.15, -0.1) is 0 Å². The summed E-state index contributed by atoms with van der Waals surface area (Å²) in [4.78, 5) is 8.09. The van der Waals surface area contributed by atoms with E-state index in [-0.39, 0.29) is 18.2 Å². The van der Waals surface area contributed by atoms with E-state index < -0.39 is 11.7 Å². The summed E-state index contributed by atoms with van der Waals surface area (Å²) < 4.78 is 38.3. The normalized spacial score (nSPS) is 11.3. The van der Waals surface area contributed by atoms with Crippen LogP contribution in [0.5, 0.6) is 0 Å². The van der Waals surface area contributed by atoms with Crippen LogP contribution in [0.1, 0.15) is 16.8 Å². The van der Waals surface area contributed by atoms with Crippen molar-refractivity contribution in [2.75, 3.05) is 10.7 Å². The van der Waals surface area contributed by atoms with Crippen molar-refractivity contribution in [3.63, 3.8) is 0 Å². The van der Waals surface area contributed by atoms with Crippen LogP contribution in [0, 0.1) is 6.92 Å². The highest BCUT2D eigenvalue weighted by molar-refractivity contribution is 5.49. The third-order valence-electron chi connectivity index (χ3n) is 2.86. The molecule has 5 nitrogen and oxygen atoms in total. The summed E-state index contributed by atoms with van der Waals surface area (Å²) in [5.41, 5.74) is 2.97. The first-order chi connectivity index (χ1) is 9.90. The Bertz CT molecular complexity index is 627. The molecule has 2 rings (SSSR count). The number of nitrogens with zero attached hydrogens (tertiary/aromatic N) is 2. The molecule has 21 heavy (non-hydrogen) atoms. The molecule has 2 heterocycles. The standard InChI is InChI=1S/C13H14F3N5/c1-8-3-2-4-18-10(8)7-19-11-5-9(13(14,15)16)6-12(20-11)21-17/h2-6H,7,17H2,1H3,(H2,19,20,21). The number of anilines is 2. The second kappa shape index (κ2) is 5.96. The van der Waals surface area contributed by atoms with Gasteiger partial charge in [0.15, 0.2) is 0 Å². The lowest BCUT2D eigenvalue weighted by atomic mass is 10.2. The molecule has 4 N–H and O–H groups in total. The fraction of sp³-hybridized carbons (Fsp3) is 0.231. The van der Waals surface area contributed by atoms with Crippen molar-refractivity contribution < 1.29 is 13.2 Å². The van der Waals surface area contributed by atoms with Crippen molar-refractivity contribution in [1.29, 1.82) is 0 Å². The molecule has 2 aromatic rings. The average molecular weight is 297 g/mol. The number of nitrogen functional groups attached to an aromatic ring is 1. The van der Waals surface area contributed by atoms with E-state index in [1.54, 1.807) is 12.3 Å². The molecule has 8 heteroatoms. The predicted octanol–water partition coefficient (Wildman–Crippen LogP) is 2.70. The highest BCUT2D eigenvalue weighted by Gasteiger charge is 2.31. The Hall–Kier alpha value is -2.35. The lowest BCUT2D eigenvalue weighted by molar-refractivity contribution is -0.137. The van der Waals surface area contributed by atoms with Crippen molar-refractivity contribution in [3.8, 4) is 0 Å². The molecule has 0 bridgehead atoms. The Balaban J connectivity index is 2.22. The fourth-order valence-electron chi connectivity index (χ4n) is 1.74. The number of halogens is 3. The summed E-state index contributed by atoms with van der Waals surface area (Å²) in [6.07, 6.45) is -2.84. The first-order valence-electron chi connectivity index (χ1n) is 6.10. The van der Waals surface area contributed by atoms with Crippen LogP contribution < -0.4 is 16.6 Å². The SMILES string of the molecule is Cc1cccnc1CNc1cc(C(F)(F)F)cc(NN)n1. The van der Waals surface area contributed by atoms with Crippen LogP contribution in [-0.4, -0.2) is 9.97 Å². The van der Waals surface area contributed by atoms with E-state index in [9.17, 15) is 13.2 Å². The van der Waals surface area contributed by atoms with Gasteiger partial charge < -0.3 is 10.7 Å². The molecule has 0 unspecified atom stereocenters. The second-order valence-electron chi connectivity index (χ2n) is 4.39. The summed E-state index contributed by atoms with van der Waals surface area (Å²) in [5, 5.41) is 2.82. The van der Waals surface area contributed by atoms with E-state index in [4.69, 9.17) is 5.84 Å². The third-order valence-corrected chi connectivity index (χ3v) is 2.86. The minimum atomic E-state index is -4.47. The maximum atomic E-state index is 12.8. The molecule has 112 valence electrons. The fourth-order valence-corrected chi connectivity index (χ4v) is 1.74. The lowest BCUT2D eigenvalue weighted by Gasteiger charge is -2.12. The molecular formula is C13H14F3N5. The van der Waals surface area contributed by atoms with Crippen LogP contribution in [0.2, 0.25) is 0 Å². The molecule has 0 aliphatic heterocycles. The molecule has 0 aliphatic carbocycles. The van der Waals surface area contributed by atoms with E-state index in [2.05, 4.69) is 20.7 Å². The van der Waals surface area contributed by atoms with Gasteiger partial charge in [0.2, 0.25) is 0 Å². The summed E-state index contributed by atoms with van der Waals surface area (Å²) in [5.74, 6) is 5.15. The number of hydrogen-bond donors (Lipinski definition) is 3. The van der Waals surface area contributed by atoms with Crippen molar-refractivity contribution in [2.45, 2.75) is 19.6 Å². The Kier molecular flexibility index (Phi) is 4.27. The van der Waals surface area contributed by atoms with Gasteiger partial charge in [-0.05, 0) is 30.7 Å². The van der Waals surface area contributed by atoms with Gasteiger partial charge in [0.1, 0.15) is 11.6 Å². The van der Waals surface area contributed by atoms with E-state index in [0.717, 1.165) is 23.4 Å². The third kappa shape index (κ3) is 3.82. The average Bonchev–Trinajstić information content (AvgIpc) is 2.45. The van der Waals surface area contributed by atoms with Crippen molar-refractivity contribution in [3.05, 3.63) is 47.3 Å². The molecule has 0 fully saturated rings. The molecule has 0 amide bonds. The van der Waals surface area contributed by atoms with Gasteiger partial charge in [-0.25, -0.2) is 10.8 Å². The van der Waals surface area contributed by atoms with Gasteiger partial charge in [0.05, 0.1) is 17.8 Å². The first-order valence-corrected chi connectivity index (χ1v) is 6.10. The van der Waals surface area contributed by atoms with Crippen LogP contribution in [-0.2, 0) is 12.7 Å². The van der Waals surface area contributed by atoms with Crippen LogP contribution >= 0.6 is 0 Å². The molecular weight excluding hydrogens is 283 g/mol. The molecule has 2 aromatic heterocycles. The zero-order valence-electron chi connectivity index (χ0n) is 11.2. The minimum Gasteiger partial charge on any atom is -0.364 e. The van der Waals surface area contributed by atoms with Crippen LogP contribution in [0.3, 0.4) is 0 Å². The first kappa shape index (κ1) is 15.0. The molecule has 0 atom stereocenters. The molecule has 0 aliphatic rings. The Morgan fingerprint density at radius 1 is 1.24 bits per heavy atom. The quantitative estimate of drug-likeness (QED) is 0.597. The van der Waals surface area contributed by atoms with Gasteiger partial charge in [0.25, 0.3) is 0 Å². The van der Waals surface area contributed by atoms with E-state index in [0.29, 0.717) is 0 Å². The van der Waals surface area contributed by atoms with E-state index in [1.165, 1.54) is 0 Å². The minimum absolute atomic E-state index is 0.0648. The zero-order chi connectivity index (χ0) is 15.5. The molecule has 0 saturated carbocycles. The number of nitrogens with one attached hydrogen (secondary N) is 2. The summed E-state index contributed by atoms with van der Waals surface area (Å²) in [6, 6.07) is 5.44. The number of hydrazine groups is 1. The summed E-state index contributed by atoms with van der Waals surface area (Å²) >= 11 is 0. The second-order valence-corrected chi connectivity index (χ2v) is 4.39. The number of nitrogens with two attached hydrogens (primary N) is 1. The van der Waals surface area contributed by atoms with E-state index >= 15 is 0 Å². The van der Waals surface area contributed by atoms with Crippen molar-refractivity contribution in [2.24, 2.45) is 5.84 Å². The molecule has 0 spiro atoms. The lowest BCUT2D eigenvalue weighted by Crippen LogP contribution is -2.14. The Morgan fingerprint density at radius 3 is 2.57 bits per heavy atom. The number of alkyl halides is 3. The van der Waals surface area contributed by atoms with Gasteiger partial charge in [0, 0.05) is 6.20 Å². The highest BCUT2D eigenvalue weighted by Crippen LogP contribution is 2.31. The van der Waals surface area contributed by atoms with Gasteiger partial charge in [-0.2, -0.15) is 13.2 Å². The van der Waals surface area contributed by atoms with Gasteiger partial charge >= 0.3 is 6.18 Å². The topological polar surface area (TPSA) is 75.9 Å². The maximum absolute atomic E-state index is 12.8. The predicted molar refractivity (Wildman–Crippen MR) is 73.3 cm³/mol. The number of hydrogen-bond acceptors (Lipinski definition) is 5. The number of aryl methyl sites for hydroxylation is 1. The molecule has 0 radical (unpaired) electrons. The maximum Gasteiger partial charge on any atom is 0.416 e. The van der Waals surface area contributed by atoms with Gasteiger partial charge in [-0.1, -0.05) is 6.07 Å². The van der Waals surface area contributed by atoms with Crippen molar-refractivity contribution >= 4 is 11.6 Å². The monoisotopic (exact) mass is 297 g/mol. The van der Waals surface area contributed by atoms with E-state index in [1.807, 2.05) is 13.0 Å². The molecule has 0 saturated heterocycles. The summed E-state index contributed by atoms with van der Waals surface area (Å²) in [6.45, 7) is 2.14. The van der Waals surface area contributed by atoms with Crippen molar-refractivity contribution in [1.82, 2.24) is 9.97 Å². The Labute approximate surface area is 119 Å². The summed E-state index contributed by atoms with van der Waals surface area (Å²) in [7, 11) is 0. The Morgan fingerprint density at radius 2 is 1.95 bits per heavy atom. The smallest absolute Gasteiger partial charge is 0.364 e. The number of rotatable bonds is 4. The van der Waals surface area contributed by atoms with Crippen LogP contribution in [0.4, 0.5) is 24.8 Å². The highest BCUT2D eigenvalue weighted by atomic mass is 19.4. The number of aromatic nitrogens is 2. The largest absolute Gasteiger partial charge is 0.416 e. The van der Waals surface area contributed by atoms with Crippen LogP contribution in [0.15, 0.2) is 30.5 Å².